The first kappa shape index (κ1) is 22.5. The standard InChI is InChI=1S/C19H30ClN3O.HI/c1-3-21-18(22-13-9-16-5-7-17(20)8-6-16)23-15-19(10-4-11-19)12-14-24-2;/h5-8H,3-4,9-15H2,1-2H3,(H2,21,22,23);1H. The highest BCUT2D eigenvalue weighted by Gasteiger charge is 2.36. The molecule has 142 valence electrons. The summed E-state index contributed by atoms with van der Waals surface area (Å²) < 4.78 is 5.26. The molecule has 1 fully saturated rings. The van der Waals surface area contributed by atoms with Gasteiger partial charge < -0.3 is 15.4 Å². The van der Waals surface area contributed by atoms with Gasteiger partial charge in [0.2, 0.25) is 0 Å². The molecule has 0 heterocycles. The molecule has 6 heteroatoms. The summed E-state index contributed by atoms with van der Waals surface area (Å²) in [6.07, 6.45) is 5.92. The normalized spacial score (nSPS) is 15.9. The van der Waals surface area contributed by atoms with Crippen LogP contribution >= 0.6 is 35.6 Å². The fraction of sp³-hybridized carbons (Fsp3) is 0.632. The van der Waals surface area contributed by atoms with E-state index in [1.807, 2.05) is 12.1 Å². The van der Waals surface area contributed by atoms with Crippen LogP contribution in [0.2, 0.25) is 5.02 Å². The Balaban J connectivity index is 0.00000312. The van der Waals surface area contributed by atoms with Gasteiger partial charge in [0.05, 0.1) is 0 Å². The molecular weight excluding hydrogens is 449 g/mol. The highest BCUT2D eigenvalue weighted by atomic mass is 127. The first-order valence-electron chi connectivity index (χ1n) is 8.93. The smallest absolute Gasteiger partial charge is 0.191 e. The third-order valence-corrected chi connectivity index (χ3v) is 5.04. The molecule has 0 atom stereocenters. The number of ether oxygens (including phenoxy) is 1. The van der Waals surface area contributed by atoms with Crippen molar-refractivity contribution in [1.29, 1.82) is 0 Å². The monoisotopic (exact) mass is 479 g/mol. The summed E-state index contributed by atoms with van der Waals surface area (Å²) in [5, 5.41) is 7.56. The summed E-state index contributed by atoms with van der Waals surface area (Å²) >= 11 is 5.92. The third kappa shape index (κ3) is 7.71. The van der Waals surface area contributed by atoms with Crippen molar-refractivity contribution in [2.45, 2.75) is 39.0 Å². The van der Waals surface area contributed by atoms with Gasteiger partial charge in [0.25, 0.3) is 0 Å². The Bertz CT molecular complexity index is 518. The Kier molecular flexibility index (Phi) is 10.8. The lowest BCUT2D eigenvalue weighted by atomic mass is 9.67. The van der Waals surface area contributed by atoms with E-state index in [1.165, 1.54) is 24.8 Å². The zero-order valence-electron chi connectivity index (χ0n) is 15.3. The van der Waals surface area contributed by atoms with E-state index in [4.69, 9.17) is 21.3 Å². The minimum Gasteiger partial charge on any atom is -0.385 e. The van der Waals surface area contributed by atoms with Gasteiger partial charge in [0.15, 0.2) is 5.96 Å². The number of halogens is 2. The molecule has 0 aromatic heterocycles. The molecule has 1 saturated carbocycles. The van der Waals surface area contributed by atoms with Crippen molar-refractivity contribution < 1.29 is 4.74 Å². The number of benzene rings is 1. The molecule has 2 N–H and O–H groups in total. The Labute approximate surface area is 174 Å². The molecule has 0 unspecified atom stereocenters. The highest BCUT2D eigenvalue weighted by Crippen LogP contribution is 2.44. The molecule has 0 amide bonds. The Morgan fingerprint density at radius 3 is 2.52 bits per heavy atom. The lowest BCUT2D eigenvalue weighted by molar-refractivity contribution is 0.0778. The second kappa shape index (κ2) is 12.0. The van der Waals surface area contributed by atoms with Gasteiger partial charge >= 0.3 is 0 Å². The number of rotatable bonds is 9. The summed E-state index contributed by atoms with van der Waals surface area (Å²) in [5.74, 6) is 0.912. The van der Waals surface area contributed by atoms with E-state index in [9.17, 15) is 0 Å². The van der Waals surface area contributed by atoms with E-state index in [0.29, 0.717) is 5.41 Å². The molecule has 25 heavy (non-hydrogen) atoms. The number of hydrogen-bond donors (Lipinski definition) is 2. The van der Waals surface area contributed by atoms with Crippen LogP contribution in [0, 0.1) is 5.41 Å². The van der Waals surface area contributed by atoms with Gasteiger partial charge in [-0.1, -0.05) is 30.2 Å². The van der Waals surface area contributed by atoms with Gasteiger partial charge in [-0.2, -0.15) is 0 Å². The third-order valence-electron chi connectivity index (χ3n) is 4.79. The number of aliphatic imine (C=N–C) groups is 1. The van der Waals surface area contributed by atoms with Crippen molar-refractivity contribution in [2.75, 3.05) is 33.4 Å². The van der Waals surface area contributed by atoms with Gasteiger partial charge in [0, 0.05) is 38.4 Å². The average Bonchev–Trinajstić information content (AvgIpc) is 2.55. The van der Waals surface area contributed by atoms with Gasteiger partial charge in [-0.15, -0.1) is 24.0 Å². The number of hydrogen-bond acceptors (Lipinski definition) is 2. The minimum atomic E-state index is 0. The summed E-state index contributed by atoms with van der Waals surface area (Å²) in [6, 6.07) is 8.02. The lowest BCUT2D eigenvalue weighted by Crippen LogP contribution is -2.41. The fourth-order valence-corrected chi connectivity index (χ4v) is 3.17. The van der Waals surface area contributed by atoms with Crippen molar-refractivity contribution in [3.8, 4) is 0 Å². The number of guanidine groups is 1. The molecule has 1 aromatic carbocycles. The zero-order chi connectivity index (χ0) is 17.3. The van der Waals surface area contributed by atoms with Crippen LogP contribution in [0.1, 0.15) is 38.2 Å². The first-order valence-corrected chi connectivity index (χ1v) is 9.31. The molecule has 0 saturated heterocycles. The maximum Gasteiger partial charge on any atom is 0.191 e. The van der Waals surface area contributed by atoms with Gasteiger partial charge in [-0.3, -0.25) is 4.99 Å². The number of nitrogens with one attached hydrogen (secondary N) is 2. The predicted molar refractivity (Wildman–Crippen MR) is 117 cm³/mol. The summed E-state index contributed by atoms with van der Waals surface area (Å²) in [7, 11) is 1.78. The van der Waals surface area contributed by atoms with Crippen LogP contribution in [0.5, 0.6) is 0 Å². The minimum absolute atomic E-state index is 0. The van der Waals surface area contributed by atoms with Crippen LogP contribution in [-0.2, 0) is 11.2 Å². The second-order valence-corrected chi connectivity index (χ2v) is 7.03. The van der Waals surface area contributed by atoms with Gasteiger partial charge in [-0.25, -0.2) is 0 Å². The van der Waals surface area contributed by atoms with E-state index in [-0.39, 0.29) is 24.0 Å². The molecular formula is C19H31ClIN3O. The van der Waals surface area contributed by atoms with E-state index >= 15 is 0 Å². The molecule has 1 aliphatic rings. The van der Waals surface area contributed by atoms with E-state index in [2.05, 4.69) is 29.7 Å². The van der Waals surface area contributed by atoms with Crippen molar-refractivity contribution in [1.82, 2.24) is 10.6 Å². The highest BCUT2D eigenvalue weighted by molar-refractivity contribution is 14.0. The molecule has 1 aromatic rings. The fourth-order valence-electron chi connectivity index (χ4n) is 3.05. The van der Waals surface area contributed by atoms with Crippen molar-refractivity contribution in [3.05, 3.63) is 34.9 Å². The predicted octanol–water partition coefficient (Wildman–Crippen LogP) is 4.26. The van der Waals surface area contributed by atoms with Gasteiger partial charge in [0.1, 0.15) is 0 Å². The maximum absolute atomic E-state index is 5.92. The topological polar surface area (TPSA) is 45.7 Å². The van der Waals surface area contributed by atoms with E-state index in [0.717, 1.165) is 50.1 Å². The molecule has 0 radical (unpaired) electrons. The summed E-state index contributed by atoms with van der Waals surface area (Å²) in [6.45, 7) is 5.54. The number of nitrogens with zero attached hydrogens (tertiary/aromatic N) is 1. The van der Waals surface area contributed by atoms with E-state index in [1.54, 1.807) is 7.11 Å². The largest absolute Gasteiger partial charge is 0.385 e. The quantitative estimate of drug-likeness (QED) is 0.316. The van der Waals surface area contributed by atoms with E-state index < -0.39 is 0 Å². The second-order valence-electron chi connectivity index (χ2n) is 6.59. The van der Waals surface area contributed by atoms with Crippen LogP contribution in [0.15, 0.2) is 29.3 Å². The molecule has 0 bridgehead atoms. The van der Waals surface area contributed by atoms with Crippen LogP contribution in [-0.4, -0.2) is 39.3 Å². The van der Waals surface area contributed by atoms with Gasteiger partial charge in [-0.05, 0) is 55.7 Å². The number of methoxy groups -OCH3 is 1. The van der Waals surface area contributed by atoms with Crippen molar-refractivity contribution in [2.24, 2.45) is 10.4 Å². The van der Waals surface area contributed by atoms with Crippen LogP contribution in [0.4, 0.5) is 0 Å². The summed E-state index contributed by atoms with van der Waals surface area (Å²) in [4.78, 5) is 4.82. The summed E-state index contributed by atoms with van der Waals surface area (Å²) in [5.41, 5.74) is 1.63. The Hall–Kier alpha value is -0.530. The van der Waals surface area contributed by atoms with Crippen molar-refractivity contribution in [3.63, 3.8) is 0 Å². The average molecular weight is 480 g/mol. The molecule has 0 spiro atoms. The molecule has 4 nitrogen and oxygen atoms in total. The molecule has 0 aliphatic heterocycles. The van der Waals surface area contributed by atoms with Crippen LogP contribution in [0.3, 0.4) is 0 Å². The molecule has 2 rings (SSSR count). The Morgan fingerprint density at radius 1 is 1.24 bits per heavy atom. The Morgan fingerprint density at radius 2 is 1.96 bits per heavy atom. The zero-order valence-corrected chi connectivity index (χ0v) is 18.4. The maximum atomic E-state index is 5.92. The first-order chi connectivity index (χ1) is 11.7. The van der Waals surface area contributed by atoms with Crippen molar-refractivity contribution >= 4 is 41.5 Å². The van der Waals surface area contributed by atoms with Crippen LogP contribution < -0.4 is 10.6 Å². The van der Waals surface area contributed by atoms with Crippen LogP contribution in [0.25, 0.3) is 0 Å². The lowest BCUT2D eigenvalue weighted by Gasteiger charge is -2.40. The molecule has 1 aliphatic carbocycles. The SMILES string of the molecule is CCNC(=NCC1(CCOC)CCC1)NCCc1ccc(Cl)cc1.I.